The van der Waals surface area contributed by atoms with Gasteiger partial charge in [-0.25, -0.2) is 0 Å². The number of anilines is 1. The number of carbonyl (C=O) groups is 2. The molecule has 0 aliphatic carbocycles. The van der Waals surface area contributed by atoms with Crippen molar-refractivity contribution in [2.45, 2.75) is 33.1 Å². The van der Waals surface area contributed by atoms with Crippen LogP contribution in [0.25, 0.3) is 0 Å². The fraction of sp³-hybridized carbons (Fsp3) is 0.500. The summed E-state index contributed by atoms with van der Waals surface area (Å²) in [7, 11) is 0. The molecule has 2 amide bonds. The minimum absolute atomic E-state index is 0.000302. The fourth-order valence-electron chi connectivity index (χ4n) is 1.88. The molecule has 0 unspecified atom stereocenters. The van der Waals surface area contributed by atoms with Crippen molar-refractivity contribution in [2.75, 3.05) is 18.8 Å². The summed E-state index contributed by atoms with van der Waals surface area (Å²) in [5, 5.41) is 5.58. The van der Waals surface area contributed by atoms with E-state index in [1.165, 1.54) is 0 Å². The lowest BCUT2D eigenvalue weighted by atomic mass is 10.1. The lowest BCUT2D eigenvalue weighted by Crippen LogP contribution is -2.32. The number of amides is 2. The molecule has 0 saturated carbocycles. The Labute approximate surface area is 126 Å². The van der Waals surface area contributed by atoms with Crippen molar-refractivity contribution in [3.8, 4) is 0 Å². The molecule has 0 saturated heterocycles. The molecule has 116 valence electrons. The van der Waals surface area contributed by atoms with Crippen molar-refractivity contribution in [2.24, 2.45) is 5.92 Å². The first-order chi connectivity index (χ1) is 9.97. The van der Waals surface area contributed by atoms with Crippen LogP contribution in [0.1, 0.15) is 32.3 Å². The normalized spacial score (nSPS) is 10.4. The second-order valence-corrected chi connectivity index (χ2v) is 5.54. The zero-order valence-electron chi connectivity index (χ0n) is 12.8. The second-order valence-electron chi connectivity index (χ2n) is 5.54. The maximum absolute atomic E-state index is 11.6. The van der Waals surface area contributed by atoms with Crippen LogP contribution in [0.5, 0.6) is 0 Å². The van der Waals surface area contributed by atoms with E-state index in [1.54, 1.807) is 0 Å². The van der Waals surface area contributed by atoms with Gasteiger partial charge in [0.15, 0.2) is 0 Å². The Morgan fingerprint density at radius 2 is 1.67 bits per heavy atom. The van der Waals surface area contributed by atoms with Crippen LogP contribution in [-0.2, 0) is 16.0 Å². The topological polar surface area (TPSA) is 84.2 Å². The van der Waals surface area contributed by atoms with E-state index in [0.717, 1.165) is 17.7 Å². The molecule has 1 rings (SSSR count). The van der Waals surface area contributed by atoms with Crippen molar-refractivity contribution in [3.63, 3.8) is 0 Å². The van der Waals surface area contributed by atoms with Gasteiger partial charge in [-0.2, -0.15) is 0 Å². The largest absolute Gasteiger partial charge is 0.399 e. The third kappa shape index (κ3) is 7.97. The van der Waals surface area contributed by atoms with Crippen LogP contribution in [-0.4, -0.2) is 24.9 Å². The molecule has 0 aliphatic heterocycles. The van der Waals surface area contributed by atoms with E-state index in [-0.39, 0.29) is 11.8 Å². The van der Waals surface area contributed by atoms with Gasteiger partial charge in [0.1, 0.15) is 0 Å². The number of nitrogens with one attached hydrogen (secondary N) is 2. The molecule has 0 fully saturated rings. The Hall–Kier alpha value is -2.04. The van der Waals surface area contributed by atoms with Gasteiger partial charge < -0.3 is 16.4 Å². The maximum Gasteiger partial charge on any atom is 0.221 e. The van der Waals surface area contributed by atoms with Crippen molar-refractivity contribution < 1.29 is 9.59 Å². The number of benzene rings is 1. The molecule has 4 N–H and O–H groups in total. The molecule has 0 radical (unpaired) electrons. The highest BCUT2D eigenvalue weighted by molar-refractivity contribution is 5.79. The summed E-state index contributed by atoms with van der Waals surface area (Å²) >= 11 is 0. The average Bonchev–Trinajstić information content (AvgIpc) is 2.40. The molecule has 0 spiro atoms. The van der Waals surface area contributed by atoms with Gasteiger partial charge in [0, 0.05) is 31.6 Å². The summed E-state index contributed by atoms with van der Waals surface area (Å²) in [4.78, 5) is 23.0. The standard InChI is InChI=1S/C16H25N3O2/c1-12(2)11-16(21)19-10-8-15(20)18-9-7-13-3-5-14(17)6-4-13/h3-6,12H,7-11,17H2,1-2H3,(H,18,20)(H,19,21). The van der Waals surface area contributed by atoms with Gasteiger partial charge in [0.2, 0.25) is 11.8 Å². The third-order valence-electron chi connectivity index (χ3n) is 2.98. The van der Waals surface area contributed by atoms with Gasteiger partial charge in [0.05, 0.1) is 0 Å². The number of rotatable bonds is 8. The lowest BCUT2D eigenvalue weighted by Gasteiger charge is -2.08. The summed E-state index contributed by atoms with van der Waals surface area (Å²) in [5.41, 5.74) is 7.48. The van der Waals surface area contributed by atoms with Gasteiger partial charge in [-0.15, -0.1) is 0 Å². The summed E-state index contributed by atoms with van der Waals surface area (Å²) in [6, 6.07) is 7.60. The van der Waals surface area contributed by atoms with E-state index in [2.05, 4.69) is 10.6 Å². The molecule has 5 nitrogen and oxygen atoms in total. The Balaban J connectivity index is 2.11. The van der Waals surface area contributed by atoms with E-state index in [1.807, 2.05) is 38.1 Å². The molecular weight excluding hydrogens is 266 g/mol. The Morgan fingerprint density at radius 3 is 2.29 bits per heavy atom. The first kappa shape index (κ1) is 17.0. The zero-order chi connectivity index (χ0) is 15.7. The fourth-order valence-corrected chi connectivity index (χ4v) is 1.88. The van der Waals surface area contributed by atoms with Crippen LogP contribution in [0.4, 0.5) is 5.69 Å². The van der Waals surface area contributed by atoms with E-state index in [0.29, 0.717) is 31.8 Å². The first-order valence-electron chi connectivity index (χ1n) is 7.35. The van der Waals surface area contributed by atoms with Crippen LogP contribution >= 0.6 is 0 Å². The Kier molecular flexibility index (Phi) is 7.29. The number of nitrogen functional groups attached to an aromatic ring is 1. The quantitative estimate of drug-likeness (QED) is 0.634. The van der Waals surface area contributed by atoms with Crippen LogP contribution in [0.15, 0.2) is 24.3 Å². The summed E-state index contributed by atoms with van der Waals surface area (Å²) in [6.45, 7) is 4.95. The molecule has 0 bridgehead atoms. The van der Waals surface area contributed by atoms with Crippen LogP contribution in [0, 0.1) is 5.92 Å². The average molecular weight is 291 g/mol. The van der Waals surface area contributed by atoms with Crippen LogP contribution < -0.4 is 16.4 Å². The smallest absolute Gasteiger partial charge is 0.221 e. The van der Waals surface area contributed by atoms with Gasteiger partial charge in [0.25, 0.3) is 0 Å². The predicted molar refractivity (Wildman–Crippen MR) is 84.6 cm³/mol. The van der Waals surface area contributed by atoms with Crippen LogP contribution in [0.2, 0.25) is 0 Å². The molecule has 0 aromatic heterocycles. The van der Waals surface area contributed by atoms with E-state index in [4.69, 9.17) is 5.73 Å². The van der Waals surface area contributed by atoms with Gasteiger partial charge in [-0.1, -0.05) is 26.0 Å². The molecule has 0 atom stereocenters. The highest BCUT2D eigenvalue weighted by Gasteiger charge is 2.05. The highest BCUT2D eigenvalue weighted by atomic mass is 16.2. The molecule has 0 aliphatic rings. The van der Waals surface area contributed by atoms with Crippen molar-refractivity contribution in [1.29, 1.82) is 0 Å². The maximum atomic E-state index is 11.6. The number of carbonyl (C=O) groups excluding carboxylic acids is 2. The predicted octanol–water partition coefficient (Wildman–Crippen LogP) is 1.48. The molecular formula is C16H25N3O2. The first-order valence-corrected chi connectivity index (χ1v) is 7.35. The highest BCUT2D eigenvalue weighted by Crippen LogP contribution is 2.05. The van der Waals surface area contributed by atoms with Gasteiger partial charge in [-0.05, 0) is 30.0 Å². The molecule has 21 heavy (non-hydrogen) atoms. The van der Waals surface area contributed by atoms with Crippen molar-refractivity contribution in [1.82, 2.24) is 10.6 Å². The monoisotopic (exact) mass is 291 g/mol. The third-order valence-corrected chi connectivity index (χ3v) is 2.98. The Bertz CT molecular complexity index is 455. The minimum atomic E-state index is -0.0460. The van der Waals surface area contributed by atoms with E-state index < -0.39 is 0 Å². The molecule has 1 aromatic rings. The molecule has 0 heterocycles. The summed E-state index contributed by atoms with van der Waals surface area (Å²) < 4.78 is 0. The Morgan fingerprint density at radius 1 is 1.05 bits per heavy atom. The summed E-state index contributed by atoms with van der Waals surface area (Å²) in [6.07, 6.45) is 1.58. The van der Waals surface area contributed by atoms with Crippen LogP contribution in [0.3, 0.4) is 0 Å². The number of hydrogen-bond acceptors (Lipinski definition) is 3. The zero-order valence-corrected chi connectivity index (χ0v) is 12.8. The second kappa shape index (κ2) is 9.00. The number of nitrogens with two attached hydrogens (primary N) is 1. The van der Waals surface area contributed by atoms with Gasteiger partial charge in [-0.3, -0.25) is 9.59 Å². The lowest BCUT2D eigenvalue weighted by molar-refractivity contribution is -0.122. The molecule has 1 aromatic carbocycles. The number of hydrogen-bond donors (Lipinski definition) is 3. The minimum Gasteiger partial charge on any atom is -0.399 e. The van der Waals surface area contributed by atoms with Crippen molar-refractivity contribution in [3.05, 3.63) is 29.8 Å². The van der Waals surface area contributed by atoms with E-state index in [9.17, 15) is 9.59 Å². The van der Waals surface area contributed by atoms with Crippen molar-refractivity contribution >= 4 is 17.5 Å². The van der Waals surface area contributed by atoms with Gasteiger partial charge >= 0.3 is 0 Å². The SMILES string of the molecule is CC(C)CC(=O)NCCC(=O)NCCc1ccc(N)cc1. The molecule has 5 heteroatoms. The summed E-state index contributed by atoms with van der Waals surface area (Å²) in [5.74, 6) is 0.286. The van der Waals surface area contributed by atoms with E-state index >= 15 is 0 Å².